The highest BCUT2D eigenvalue weighted by molar-refractivity contribution is 7.92. The van der Waals surface area contributed by atoms with Crippen molar-refractivity contribution in [3.63, 3.8) is 0 Å². The number of hydrogen-bond acceptors (Lipinski definition) is 5. The lowest BCUT2D eigenvalue weighted by Gasteiger charge is -2.36. The average Bonchev–Trinajstić information content (AvgIpc) is 2.73. The van der Waals surface area contributed by atoms with Crippen LogP contribution in [0.5, 0.6) is 5.75 Å². The fourth-order valence-corrected chi connectivity index (χ4v) is 5.65. The van der Waals surface area contributed by atoms with Crippen LogP contribution >= 0.6 is 0 Å². The van der Waals surface area contributed by atoms with E-state index >= 15 is 0 Å². The highest BCUT2D eigenvalue weighted by atomic mass is 32.2. The van der Waals surface area contributed by atoms with E-state index in [1.807, 2.05) is 6.92 Å². The number of rotatable bonds is 8. The minimum atomic E-state index is -3.85. The van der Waals surface area contributed by atoms with E-state index in [1.54, 1.807) is 44.4 Å². The molecule has 1 heterocycles. The van der Waals surface area contributed by atoms with Crippen molar-refractivity contribution < 1.29 is 17.9 Å². The lowest BCUT2D eigenvalue weighted by atomic mass is 9.92. The van der Waals surface area contributed by atoms with Crippen molar-refractivity contribution >= 4 is 21.6 Å². The molecule has 1 amide bonds. The summed E-state index contributed by atoms with van der Waals surface area (Å²) in [5.74, 6) is 1.67. The lowest BCUT2D eigenvalue weighted by molar-refractivity contribution is 0.0904. The Labute approximate surface area is 197 Å². The van der Waals surface area contributed by atoms with Gasteiger partial charge in [0.2, 0.25) is 0 Å². The molecule has 1 saturated heterocycles. The van der Waals surface area contributed by atoms with Gasteiger partial charge in [0.15, 0.2) is 0 Å². The fourth-order valence-electron chi connectivity index (χ4n) is 4.56. The van der Waals surface area contributed by atoms with Crippen LogP contribution in [-0.2, 0) is 10.0 Å². The van der Waals surface area contributed by atoms with Crippen LogP contribution in [-0.4, -0.2) is 52.0 Å². The summed E-state index contributed by atoms with van der Waals surface area (Å²) in [7, 11) is -2.30. The number of sulfonamides is 1. The number of carbonyl (C=O) groups excluding carboxylic acids is 1. The van der Waals surface area contributed by atoms with Gasteiger partial charge in [-0.3, -0.25) is 9.52 Å². The molecule has 3 rings (SSSR count). The molecule has 1 aliphatic heterocycles. The zero-order chi connectivity index (χ0) is 24.2. The smallest absolute Gasteiger partial charge is 0.261 e. The first-order valence-corrected chi connectivity index (χ1v) is 12.9. The number of likely N-dealkylation sites (tertiary alicyclic amines) is 1. The van der Waals surface area contributed by atoms with Crippen molar-refractivity contribution in [1.82, 2.24) is 10.2 Å². The van der Waals surface area contributed by atoms with Crippen LogP contribution in [0.25, 0.3) is 0 Å². The van der Waals surface area contributed by atoms with Gasteiger partial charge in [-0.05, 0) is 74.1 Å². The van der Waals surface area contributed by atoms with Gasteiger partial charge in [0, 0.05) is 36.9 Å². The summed E-state index contributed by atoms with van der Waals surface area (Å²) in [6, 6.07) is 11.2. The van der Waals surface area contributed by atoms with Crippen molar-refractivity contribution in [2.45, 2.75) is 45.1 Å². The van der Waals surface area contributed by atoms with Crippen molar-refractivity contribution in [1.29, 1.82) is 0 Å². The van der Waals surface area contributed by atoms with E-state index in [4.69, 9.17) is 4.74 Å². The molecule has 1 fully saturated rings. The minimum Gasteiger partial charge on any atom is -0.497 e. The number of ether oxygens (including phenoxy) is 1. The second-order valence-corrected chi connectivity index (χ2v) is 11.0. The molecule has 33 heavy (non-hydrogen) atoms. The third kappa shape index (κ3) is 6.71. The van der Waals surface area contributed by atoms with Gasteiger partial charge in [-0.1, -0.05) is 19.9 Å². The molecule has 1 aliphatic rings. The van der Waals surface area contributed by atoms with Crippen LogP contribution in [0.15, 0.2) is 47.4 Å². The second kappa shape index (κ2) is 10.6. The molecular formula is C25H35N3O4S. The average molecular weight is 474 g/mol. The van der Waals surface area contributed by atoms with Gasteiger partial charge < -0.3 is 15.0 Å². The lowest BCUT2D eigenvalue weighted by Crippen LogP contribution is -2.47. The molecule has 0 aliphatic carbocycles. The molecule has 7 nitrogen and oxygen atoms in total. The largest absolute Gasteiger partial charge is 0.497 e. The molecule has 0 spiro atoms. The Kier molecular flexibility index (Phi) is 8.02. The third-order valence-corrected chi connectivity index (χ3v) is 7.34. The standard InChI is InChI=1S/C25H35N3O4S/c1-17-12-18(2)15-28(14-17)16-20(4)26-25(29)24-13-23(11-6-19(24)3)33(30,31)27-21-7-9-22(32-5)10-8-21/h6-11,13,17-18,20,27H,12,14-16H2,1-5H3,(H,26,29). The Bertz CT molecular complexity index is 1060. The molecule has 180 valence electrons. The fraction of sp³-hybridized carbons (Fsp3) is 0.480. The summed E-state index contributed by atoms with van der Waals surface area (Å²) in [6.45, 7) is 11.2. The number of aryl methyl sites for hydroxylation is 1. The van der Waals surface area contributed by atoms with Gasteiger partial charge in [-0.2, -0.15) is 0 Å². The van der Waals surface area contributed by atoms with E-state index in [9.17, 15) is 13.2 Å². The SMILES string of the molecule is COc1ccc(NS(=O)(=O)c2ccc(C)c(C(=O)NC(C)CN3CC(C)CC(C)C3)c2)cc1. The normalized spacial score (nSPS) is 20.2. The van der Waals surface area contributed by atoms with Gasteiger partial charge >= 0.3 is 0 Å². The number of carbonyl (C=O) groups is 1. The summed E-state index contributed by atoms with van der Waals surface area (Å²) < 4.78 is 33.5. The highest BCUT2D eigenvalue weighted by Crippen LogP contribution is 2.23. The summed E-state index contributed by atoms with van der Waals surface area (Å²) in [5.41, 5.74) is 1.50. The Hall–Kier alpha value is -2.58. The van der Waals surface area contributed by atoms with Gasteiger partial charge in [-0.15, -0.1) is 0 Å². The minimum absolute atomic E-state index is 0.0420. The van der Waals surface area contributed by atoms with Gasteiger partial charge in [-0.25, -0.2) is 8.42 Å². The topological polar surface area (TPSA) is 87.7 Å². The summed E-state index contributed by atoms with van der Waals surface area (Å²) >= 11 is 0. The van der Waals surface area contributed by atoms with Crippen LogP contribution in [0.2, 0.25) is 0 Å². The number of hydrogen-bond donors (Lipinski definition) is 2. The number of anilines is 1. The maximum absolute atomic E-state index is 13.0. The number of methoxy groups -OCH3 is 1. The number of amides is 1. The first-order chi connectivity index (χ1) is 15.6. The van der Waals surface area contributed by atoms with Crippen molar-refractivity contribution in [2.75, 3.05) is 31.5 Å². The second-order valence-electron chi connectivity index (χ2n) is 9.35. The van der Waals surface area contributed by atoms with Gasteiger partial charge in [0.05, 0.1) is 12.0 Å². The van der Waals surface area contributed by atoms with Crippen molar-refractivity contribution in [3.8, 4) is 5.75 Å². The van der Waals surface area contributed by atoms with E-state index in [2.05, 4.69) is 28.8 Å². The predicted octanol–water partition coefficient (Wildman–Crippen LogP) is 3.90. The molecule has 0 bridgehead atoms. The number of benzene rings is 2. The number of nitrogens with zero attached hydrogens (tertiary/aromatic N) is 1. The third-order valence-electron chi connectivity index (χ3n) is 5.96. The molecule has 3 unspecified atom stereocenters. The van der Waals surface area contributed by atoms with Crippen LogP contribution < -0.4 is 14.8 Å². The molecule has 2 aromatic carbocycles. The van der Waals surface area contributed by atoms with Crippen LogP contribution in [0.4, 0.5) is 5.69 Å². The first-order valence-electron chi connectivity index (χ1n) is 11.4. The molecule has 2 aromatic rings. The van der Waals surface area contributed by atoms with Crippen LogP contribution in [0.3, 0.4) is 0 Å². The molecule has 3 atom stereocenters. The summed E-state index contributed by atoms with van der Waals surface area (Å²) in [6.07, 6.45) is 1.24. The summed E-state index contributed by atoms with van der Waals surface area (Å²) in [5, 5.41) is 3.05. The molecule has 0 radical (unpaired) electrons. The number of nitrogens with one attached hydrogen (secondary N) is 2. The van der Waals surface area contributed by atoms with E-state index in [0.717, 1.165) is 25.2 Å². The van der Waals surface area contributed by atoms with Gasteiger partial charge in [0.1, 0.15) is 5.75 Å². The molecule has 8 heteroatoms. The van der Waals surface area contributed by atoms with Crippen molar-refractivity contribution in [2.24, 2.45) is 11.8 Å². The van der Waals surface area contributed by atoms with E-state index in [-0.39, 0.29) is 16.8 Å². The van der Waals surface area contributed by atoms with Crippen LogP contribution in [0.1, 0.15) is 43.1 Å². The molecule has 0 saturated carbocycles. The zero-order valence-corrected chi connectivity index (χ0v) is 20.9. The maximum atomic E-state index is 13.0. The Morgan fingerprint density at radius 3 is 2.36 bits per heavy atom. The summed E-state index contributed by atoms with van der Waals surface area (Å²) in [4.78, 5) is 15.4. The molecular weight excluding hydrogens is 438 g/mol. The molecule has 2 N–H and O–H groups in total. The monoisotopic (exact) mass is 473 g/mol. The first kappa shape index (κ1) is 25.1. The van der Waals surface area contributed by atoms with Crippen molar-refractivity contribution in [3.05, 3.63) is 53.6 Å². The maximum Gasteiger partial charge on any atom is 0.261 e. The van der Waals surface area contributed by atoms with Crippen LogP contribution in [0, 0.1) is 18.8 Å². The Balaban J connectivity index is 1.69. The number of piperidine rings is 1. The highest BCUT2D eigenvalue weighted by Gasteiger charge is 2.24. The molecule has 0 aromatic heterocycles. The quantitative estimate of drug-likeness (QED) is 0.607. The Morgan fingerprint density at radius 1 is 1.12 bits per heavy atom. The Morgan fingerprint density at radius 2 is 1.76 bits per heavy atom. The van der Waals surface area contributed by atoms with Gasteiger partial charge in [0.25, 0.3) is 15.9 Å². The zero-order valence-electron chi connectivity index (χ0n) is 20.1. The van der Waals surface area contributed by atoms with E-state index in [1.165, 1.54) is 18.6 Å². The van der Waals surface area contributed by atoms with E-state index < -0.39 is 10.0 Å². The van der Waals surface area contributed by atoms with E-state index in [0.29, 0.717) is 28.8 Å². The predicted molar refractivity (Wildman–Crippen MR) is 131 cm³/mol.